The van der Waals surface area contributed by atoms with E-state index in [2.05, 4.69) is 5.32 Å². The number of hydrogen-bond donors (Lipinski definition) is 1. The minimum atomic E-state index is -3.61. The Morgan fingerprint density at radius 3 is 2.64 bits per heavy atom. The van der Waals surface area contributed by atoms with E-state index in [0.717, 1.165) is 18.7 Å². The fourth-order valence-electron chi connectivity index (χ4n) is 3.23. The van der Waals surface area contributed by atoms with Gasteiger partial charge in [-0.15, -0.1) is 0 Å². The summed E-state index contributed by atoms with van der Waals surface area (Å²) < 4.78 is 32.3. The summed E-state index contributed by atoms with van der Waals surface area (Å²) in [4.78, 5) is 14.9. The highest BCUT2D eigenvalue weighted by atomic mass is 32.2. The minimum absolute atomic E-state index is 0.0835. The van der Waals surface area contributed by atoms with Crippen molar-refractivity contribution in [1.29, 1.82) is 0 Å². The Morgan fingerprint density at radius 1 is 1.24 bits per heavy atom. The maximum atomic E-state index is 13.0. The lowest BCUT2D eigenvalue weighted by atomic mass is 10.1. The second-order valence-electron chi connectivity index (χ2n) is 6.54. The molecule has 25 heavy (non-hydrogen) atoms. The van der Waals surface area contributed by atoms with Gasteiger partial charge in [-0.25, -0.2) is 8.42 Å². The Balaban J connectivity index is 1.91. The lowest BCUT2D eigenvalue weighted by Crippen LogP contribution is -2.52. The van der Waals surface area contributed by atoms with Gasteiger partial charge in [-0.1, -0.05) is 6.07 Å². The van der Waals surface area contributed by atoms with E-state index in [1.165, 1.54) is 10.4 Å². The van der Waals surface area contributed by atoms with Crippen LogP contribution in [0.1, 0.15) is 22.8 Å². The number of piperazine rings is 1. The fourth-order valence-corrected chi connectivity index (χ4v) is 4.66. The number of carbonyl (C=O) groups excluding carboxylic acids is 1. The van der Waals surface area contributed by atoms with Crippen molar-refractivity contribution in [1.82, 2.24) is 14.5 Å². The molecule has 2 aliphatic rings. The van der Waals surface area contributed by atoms with Gasteiger partial charge in [0.25, 0.3) is 5.91 Å². The number of sulfonamides is 1. The predicted octanol–water partition coefficient (Wildman–Crippen LogP) is 0.450. The summed E-state index contributed by atoms with van der Waals surface area (Å²) in [7, 11) is -3.61. The summed E-state index contributed by atoms with van der Waals surface area (Å²) in [6, 6.07) is 4.91. The third-order valence-corrected chi connectivity index (χ3v) is 6.70. The Morgan fingerprint density at radius 2 is 1.96 bits per heavy atom. The molecule has 1 aromatic rings. The van der Waals surface area contributed by atoms with Gasteiger partial charge in [-0.3, -0.25) is 4.79 Å². The number of morpholine rings is 1. The molecule has 0 bridgehead atoms. The summed E-state index contributed by atoms with van der Waals surface area (Å²) in [6.07, 6.45) is 0. The summed E-state index contributed by atoms with van der Waals surface area (Å²) in [5, 5.41) is 3.26. The van der Waals surface area contributed by atoms with Crippen molar-refractivity contribution in [2.24, 2.45) is 0 Å². The maximum Gasteiger partial charge on any atom is 0.254 e. The highest BCUT2D eigenvalue weighted by molar-refractivity contribution is 7.89. The standard InChI is InChI=1S/C17H25N3O4S/c1-13-3-4-15(25(22,23)19-7-9-24-10-8-19)11-16(13)17(21)20-6-5-18-12-14(20)2/h3-4,11,14,18H,5-10,12H2,1-2H3/t14-/m0/s1. The zero-order valence-electron chi connectivity index (χ0n) is 14.7. The molecule has 0 saturated carbocycles. The topological polar surface area (TPSA) is 79.0 Å². The summed E-state index contributed by atoms with van der Waals surface area (Å²) in [5.74, 6) is -0.106. The summed E-state index contributed by atoms with van der Waals surface area (Å²) >= 11 is 0. The fraction of sp³-hybridized carbons (Fsp3) is 0.588. The van der Waals surface area contributed by atoms with Gasteiger partial charge < -0.3 is 15.0 Å². The van der Waals surface area contributed by atoms with Crippen LogP contribution in [0.3, 0.4) is 0 Å². The summed E-state index contributed by atoms with van der Waals surface area (Å²) in [5.41, 5.74) is 1.25. The Kier molecular flexibility index (Phi) is 5.43. The smallest absolute Gasteiger partial charge is 0.254 e. The van der Waals surface area contributed by atoms with Crippen LogP contribution in [0.2, 0.25) is 0 Å². The molecule has 8 heteroatoms. The molecule has 0 aliphatic carbocycles. The Bertz CT molecular complexity index is 744. The number of ether oxygens (including phenoxy) is 1. The molecule has 2 heterocycles. The van der Waals surface area contributed by atoms with E-state index >= 15 is 0 Å². The highest BCUT2D eigenvalue weighted by Gasteiger charge is 2.29. The maximum absolute atomic E-state index is 13.0. The molecule has 0 aromatic heterocycles. The van der Waals surface area contributed by atoms with Crippen molar-refractivity contribution >= 4 is 15.9 Å². The molecule has 7 nitrogen and oxygen atoms in total. The first-order valence-corrected chi connectivity index (χ1v) is 10.1. The van der Waals surface area contributed by atoms with Gasteiger partial charge in [0.05, 0.1) is 18.1 Å². The number of aryl methyl sites for hydroxylation is 1. The number of benzene rings is 1. The molecule has 3 rings (SSSR count). The zero-order valence-corrected chi connectivity index (χ0v) is 15.5. The second-order valence-corrected chi connectivity index (χ2v) is 8.48. The first-order chi connectivity index (χ1) is 11.9. The molecule has 0 unspecified atom stereocenters. The van der Waals surface area contributed by atoms with Gasteiger partial charge in [0, 0.05) is 44.3 Å². The monoisotopic (exact) mass is 367 g/mol. The van der Waals surface area contributed by atoms with Crippen LogP contribution in [0.5, 0.6) is 0 Å². The van der Waals surface area contributed by atoms with Gasteiger partial charge in [-0.2, -0.15) is 4.31 Å². The molecule has 2 saturated heterocycles. The van der Waals surface area contributed by atoms with E-state index < -0.39 is 10.0 Å². The van der Waals surface area contributed by atoms with Crippen LogP contribution in [-0.4, -0.2) is 75.5 Å². The van der Waals surface area contributed by atoms with Crippen LogP contribution in [-0.2, 0) is 14.8 Å². The van der Waals surface area contributed by atoms with E-state index in [0.29, 0.717) is 38.4 Å². The minimum Gasteiger partial charge on any atom is -0.379 e. The average Bonchev–Trinajstić information content (AvgIpc) is 2.62. The molecular formula is C17H25N3O4S. The molecule has 2 aliphatic heterocycles. The van der Waals surface area contributed by atoms with Gasteiger partial charge in [-0.05, 0) is 31.5 Å². The van der Waals surface area contributed by atoms with Crippen molar-refractivity contribution in [3.05, 3.63) is 29.3 Å². The van der Waals surface area contributed by atoms with Crippen molar-refractivity contribution in [2.45, 2.75) is 24.8 Å². The molecule has 1 N–H and O–H groups in total. The highest BCUT2D eigenvalue weighted by Crippen LogP contribution is 2.22. The van der Waals surface area contributed by atoms with Crippen LogP contribution >= 0.6 is 0 Å². The Labute approximate surface area is 149 Å². The van der Waals surface area contributed by atoms with Crippen molar-refractivity contribution in [3.63, 3.8) is 0 Å². The molecule has 1 atom stereocenters. The van der Waals surface area contributed by atoms with Crippen LogP contribution in [0.4, 0.5) is 0 Å². The predicted molar refractivity (Wildman–Crippen MR) is 94.1 cm³/mol. The molecule has 2 fully saturated rings. The van der Waals surface area contributed by atoms with Crippen molar-refractivity contribution in [3.8, 4) is 0 Å². The average molecular weight is 367 g/mol. The van der Waals surface area contributed by atoms with E-state index in [-0.39, 0.29) is 16.8 Å². The first-order valence-electron chi connectivity index (χ1n) is 8.61. The largest absolute Gasteiger partial charge is 0.379 e. The quantitative estimate of drug-likeness (QED) is 0.839. The van der Waals surface area contributed by atoms with E-state index in [4.69, 9.17) is 4.74 Å². The lowest BCUT2D eigenvalue weighted by molar-refractivity contribution is 0.0654. The van der Waals surface area contributed by atoms with Gasteiger partial charge in [0.1, 0.15) is 0 Å². The van der Waals surface area contributed by atoms with Crippen LogP contribution in [0, 0.1) is 6.92 Å². The zero-order chi connectivity index (χ0) is 18.0. The second kappa shape index (κ2) is 7.41. The summed E-state index contributed by atoms with van der Waals surface area (Å²) in [6.45, 7) is 7.43. The van der Waals surface area contributed by atoms with Crippen LogP contribution < -0.4 is 5.32 Å². The number of rotatable bonds is 3. The first kappa shape index (κ1) is 18.3. The van der Waals surface area contributed by atoms with E-state index in [9.17, 15) is 13.2 Å². The van der Waals surface area contributed by atoms with E-state index in [1.807, 2.05) is 18.7 Å². The third-order valence-electron chi connectivity index (χ3n) is 4.81. The van der Waals surface area contributed by atoms with E-state index in [1.54, 1.807) is 12.1 Å². The molecule has 1 amide bonds. The normalized spacial score (nSPS) is 22.8. The molecule has 0 spiro atoms. The number of hydrogen-bond acceptors (Lipinski definition) is 5. The lowest BCUT2D eigenvalue weighted by Gasteiger charge is -2.34. The third kappa shape index (κ3) is 3.72. The van der Waals surface area contributed by atoms with Gasteiger partial charge in [0.2, 0.25) is 10.0 Å². The van der Waals surface area contributed by atoms with Crippen LogP contribution in [0.15, 0.2) is 23.1 Å². The molecule has 0 radical (unpaired) electrons. The number of nitrogens with one attached hydrogen (secondary N) is 1. The SMILES string of the molecule is Cc1ccc(S(=O)(=O)N2CCOCC2)cc1C(=O)N1CCNC[C@@H]1C. The van der Waals surface area contributed by atoms with Crippen LogP contribution in [0.25, 0.3) is 0 Å². The Hall–Kier alpha value is -1.48. The molecule has 1 aromatic carbocycles. The molecule has 138 valence electrons. The van der Waals surface area contributed by atoms with Crippen molar-refractivity contribution < 1.29 is 17.9 Å². The van der Waals surface area contributed by atoms with Gasteiger partial charge >= 0.3 is 0 Å². The number of amides is 1. The number of nitrogens with zero attached hydrogens (tertiary/aromatic N) is 2. The number of carbonyl (C=O) groups is 1. The molecular weight excluding hydrogens is 342 g/mol. The van der Waals surface area contributed by atoms with Gasteiger partial charge in [0.15, 0.2) is 0 Å². The van der Waals surface area contributed by atoms with Crippen molar-refractivity contribution in [2.75, 3.05) is 45.9 Å².